The second kappa shape index (κ2) is 5.19. The Morgan fingerprint density at radius 1 is 1.33 bits per heavy atom. The molecule has 0 unspecified atom stereocenters. The molecule has 18 heavy (non-hydrogen) atoms. The molecule has 0 amide bonds. The zero-order valence-corrected chi connectivity index (χ0v) is 11.9. The predicted octanol–water partition coefficient (Wildman–Crippen LogP) is 2.58. The van der Waals surface area contributed by atoms with E-state index in [-0.39, 0.29) is 5.54 Å². The summed E-state index contributed by atoms with van der Waals surface area (Å²) in [7, 11) is 1.75. The maximum absolute atomic E-state index is 5.53. The first-order valence-electron chi connectivity index (χ1n) is 6.67. The number of nitrogens with one attached hydrogen (secondary N) is 1. The third kappa shape index (κ3) is 2.61. The smallest absolute Gasteiger partial charge is 0.142 e. The van der Waals surface area contributed by atoms with Gasteiger partial charge in [-0.3, -0.25) is 0 Å². The van der Waals surface area contributed by atoms with Crippen molar-refractivity contribution in [3.05, 3.63) is 23.8 Å². The zero-order chi connectivity index (χ0) is 13.2. The fourth-order valence-corrected chi connectivity index (χ4v) is 2.61. The Labute approximate surface area is 110 Å². The molecule has 1 saturated heterocycles. The minimum Gasteiger partial charge on any atom is -0.495 e. The molecular formula is C15H24N2O. The first kappa shape index (κ1) is 13.2. The molecule has 1 aromatic carbocycles. The van der Waals surface area contributed by atoms with Crippen molar-refractivity contribution in [3.63, 3.8) is 0 Å². The van der Waals surface area contributed by atoms with Gasteiger partial charge in [0.2, 0.25) is 0 Å². The molecule has 1 fully saturated rings. The van der Waals surface area contributed by atoms with Gasteiger partial charge in [-0.2, -0.15) is 0 Å². The van der Waals surface area contributed by atoms with Crippen LogP contribution < -0.4 is 15.0 Å². The molecule has 0 spiro atoms. The standard InChI is InChI=1S/C15H24N2O/c1-12-6-7-14(18-4)13(10-12)17-9-5-8-16-11-15(17,2)3/h6-7,10,16H,5,8-9,11H2,1-4H3. The molecule has 1 aromatic rings. The van der Waals surface area contributed by atoms with E-state index in [1.54, 1.807) is 7.11 Å². The van der Waals surface area contributed by atoms with Crippen LogP contribution in [0, 0.1) is 6.92 Å². The van der Waals surface area contributed by atoms with Gasteiger partial charge < -0.3 is 15.0 Å². The van der Waals surface area contributed by atoms with E-state index in [0.29, 0.717) is 0 Å². The molecule has 0 aromatic heterocycles. The fraction of sp³-hybridized carbons (Fsp3) is 0.600. The monoisotopic (exact) mass is 248 g/mol. The fourth-order valence-electron chi connectivity index (χ4n) is 2.61. The van der Waals surface area contributed by atoms with Crippen molar-refractivity contribution in [3.8, 4) is 5.75 Å². The maximum atomic E-state index is 5.53. The average Bonchev–Trinajstić information content (AvgIpc) is 2.50. The molecular weight excluding hydrogens is 224 g/mol. The summed E-state index contributed by atoms with van der Waals surface area (Å²) in [4.78, 5) is 2.47. The van der Waals surface area contributed by atoms with Gasteiger partial charge in [-0.25, -0.2) is 0 Å². The lowest BCUT2D eigenvalue weighted by molar-refractivity contribution is 0.404. The molecule has 1 aliphatic heterocycles. The van der Waals surface area contributed by atoms with Crippen LogP contribution in [0.25, 0.3) is 0 Å². The average molecular weight is 248 g/mol. The summed E-state index contributed by atoms with van der Waals surface area (Å²) >= 11 is 0. The van der Waals surface area contributed by atoms with Crippen LogP contribution in [-0.2, 0) is 0 Å². The maximum Gasteiger partial charge on any atom is 0.142 e. The second-order valence-electron chi connectivity index (χ2n) is 5.67. The molecule has 100 valence electrons. The summed E-state index contributed by atoms with van der Waals surface area (Å²) in [5.74, 6) is 0.968. The Morgan fingerprint density at radius 3 is 2.83 bits per heavy atom. The van der Waals surface area contributed by atoms with Crippen LogP contribution in [0.15, 0.2) is 18.2 Å². The molecule has 2 rings (SSSR count). The second-order valence-corrected chi connectivity index (χ2v) is 5.67. The summed E-state index contributed by atoms with van der Waals surface area (Å²) in [6.45, 7) is 9.87. The van der Waals surface area contributed by atoms with Crippen LogP contribution in [-0.4, -0.2) is 32.3 Å². The van der Waals surface area contributed by atoms with Crippen molar-refractivity contribution in [1.82, 2.24) is 5.32 Å². The number of methoxy groups -OCH3 is 1. The lowest BCUT2D eigenvalue weighted by Gasteiger charge is -2.39. The highest BCUT2D eigenvalue weighted by atomic mass is 16.5. The van der Waals surface area contributed by atoms with E-state index in [1.807, 2.05) is 0 Å². The summed E-state index contributed by atoms with van der Waals surface area (Å²) in [6, 6.07) is 6.40. The van der Waals surface area contributed by atoms with Gasteiger partial charge in [0, 0.05) is 18.6 Å². The number of aryl methyl sites for hydroxylation is 1. The van der Waals surface area contributed by atoms with Crippen LogP contribution in [0.2, 0.25) is 0 Å². The summed E-state index contributed by atoms with van der Waals surface area (Å²) in [6.07, 6.45) is 1.17. The molecule has 0 aliphatic carbocycles. The van der Waals surface area contributed by atoms with Crippen LogP contribution in [0.3, 0.4) is 0 Å². The van der Waals surface area contributed by atoms with Gasteiger partial charge in [-0.15, -0.1) is 0 Å². The van der Waals surface area contributed by atoms with Crippen LogP contribution in [0.1, 0.15) is 25.8 Å². The molecule has 1 N–H and O–H groups in total. The minimum absolute atomic E-state index is 0.109. The summed E-state index contributed by atoms with van der Waals surface area (Å²) < 4.78 is 5.53. The van der Waals surface area contributed by atoms with Crippen LogP contribution in [0.5, 0.6) is 5.75 Å². The highest BCUT2D eigenvalue weighted by Gasteiger charge is 2.30. The van der Waals surface area contributed by atoms with Gasteiger partial charge in [0.15, 0.2) is 0 Å². The SMILES string of the molecule is COc1ccc(C)cc1N1CCCNCC1(C)C. The van der Waals surface area contributed by atoms with Gasteiger partial charge in [-0.1, -0.05) is 6.07 Å². The number of nitrogens with zero attached hydrogens (tertiary/aromatic N) is 1. The van der Waals surface area contributed by atoms with Crippen molar-refractivity contribution in [2.45, 2.75) is 32.7 Å². The van der Waals surface area contributed by atoms with E-state index >= 15 is 0 Å². The topological polar surface area (TPSA) is 24.5 Å². The highest BCUT2D eigenvalue weighted by Crippen LogP contribution is 2.34. The van der Waals surface area contributed by atoms with E-state index in [1.165, 1.54) is 17.7 Å². The van der Waals surface area contributed by atoms with E-state index in [4.69, 9.17) is 4.74 Å². The van der Waals surface area contributed by atoms with Crippen molar-refractivity contribution in [1.29, 1.82) is 0 Å². The van der Waals surface area contributed by atoms with E-state index in [9.17, 15) is 0 Å². The molecule has 1 aliphatic rings. The molecule has 0 radical (unpaired) electrons. The molecule has 0 bridgehead atoms. The van der Waals surface area contributed by atoms with Gasteiger partial charge in [-0.05, 0) is 51.4 Å². The van der Waals surface area contributed by atoms with Crippen LogP contribution >= 0.6 is 0 Å². The molecule has 0 atom stereocenters. The number of hydrogen-bond donors (Lipinski definition) is 1. The number of hydrogen-bond acceptors (Lipinski definition) is 3. The number of anilines is 1. The predicted molar refractivity (Wildman–Crippen MR) is 76.6 cm³/mol. The Hall–Kier alpha value is -1.22. The van der Waals surface area contributed by atoms with Gasteiger partial charge in [0.05, 0.1) is 12.8 Å². The summed E-state index contributed by atoms with van der Waals surface area (Å²) in [5, 5.41) is 3.51. The first-order chi connectivity index (χ1) is 8.54. The number of ether oxygens (including phenoxy) is 1. The zero-order valence-electron chi connectivity index (χ0n) is 11.9. The van der Waals surface area contributed by atoms with Crippen molar-refractivity contribution >= 4 is 5.69 Å². The van der Waals surface area contributed by atoms with Crippen molar-refractivity contribution in [2.24, 2.45) is 0 Å². The van der Waals surface area contributed by atoms with E-state index in [2.05, 4.69) is 49.2 Å². The van der Waals surface area contributed by atoms with Crippen molar-refractivity contribution in [2.75, 3.05) is 31.6 Å². The Morgan fingerprint density at radius 2 is 2.11 bits per heavy atom. The lowest BCUT2D eigenvalue weighted by Crippen LogP contribution is -2.49. The normalized spacial score (nSPS) is 19.4. The Balaban J connectivity index is 2.41. The quantitative estimate of drug-likeness (QED) is 0.870. The lowest BCUT2D eigenvalue weighted by atomic mass is 10.0. The third-order valence-corrected chi connectivity index (χ3v) is 3.65. The molecule has 1 heterocycles. The van der Waals surface area contributed by atoms with Crippen LogP contribution in [0.4, 0.5) is 5.69 Å². The third-order valence-electron chi connectivity index (χ3n) is 3.65. The minimum atomic E-state index is 0.109. The van der Waals surface area contributed by atoms with Crippen molar-refractivity contribution < 1.29 is 4.74 Å². The number of rotatable bonds is 2. The number of benzene rings is 1. The molecule has 3 nitrogen and oxygen atoms in total. The Bertz CT molecular complexity index is 415. The Kier molecular flexibility index (Phi) is 3.81. The van der Waals surface area contributed by atoms with E-state index < -0.39 is 0 Å². The van der Waals surface area contributed by atoms with E-state index in [0.717, 1.165) is 25.4 Å². The first-order valence-corrected chi connectivity index (χ1v) is 6.67. The summed E-state index contributed by atoms with van der Waals surface area (Å²) in [5.41, 5.74) is 2.60. The van der Waals surface area contributed by atoms with Gasteiger partial charge in [0.25, 0.3) is 0 Å². The largest absolute Gasteiger partial charge is 0.495 e. The molecule has 0 saturated carbocycles. The highest BCUT2D eigenvalue weighted by molar-refractivity contribution is 5.61. The molecule has 3 heteroatoms. The van der Waals surface area contributed by atoms with Gasteiger partial charge in [0.1, 0.15) is 5.75 Å². The van der Waals surface area contributed by atoms with Gasteiger partial charge >= 0.3 is 0 Å².